The molecule has 6 aromatic carbocycles. The van der Waals surface area contributed by atoms with Gasteiger partial charge in [0.25, 0.3) is 17.7 Å². The molecule has 114 heavy (non-hydrogen) atoms. The van der Waals surface area contributed by atoms with Crippen molar-refractivity contribution in [2.75, 3.05) is 26.7 Å². The molecule has 1 aliphatic carbocycles. The van der Waals surface area contributed by atoms with E-state index < -0.39 is 48.5 Å². The number of β-amino-alcohol motifs (C(OH)–C–C–N with tert-alkyl or cyclic N) is 3. The van der Waals surface area contributed by atoms with E-state index in [-0.39, 0.29) is 91.1 Å². The maximum absolute atomic E-state index is 14.0. The van der Waals surface area contributed by atoms with Gasteiger partial charge in [-0.05, 0) is 138 Å². The van der Waals surface area contributed by atoms with Crippen LogP contribution >= 0.6 is 34.9 Å². The van der Waals surface area contributed by atoms with E-state index in [0.717, 1.165) is 61.6 Å². The van der Waals surface area contributed by atoms with E-state index in [0.29, 0.717) is 86.7 Å². The van der Waals surface area contributed by atoms with Gasteiger partial charge < -0.3 is 50.0 Å². The van der Waals surface area contributed by atoms with Gasteiger partial charge in [-0.1, -0.05) is 194 Å². The molecule has 9 atom stereocenters. The lowest BCUT2D eigenvalue weighted by atomic mass is 9.95. The minimum Gasteiger partial charge on any atom is -0.391 e. The van der Waals surface area contributed by atoms with E-state index in [4.69, 9.17) is 12.2 Å². The molecule has 23 heteroatoms. The Morgan fingerprint density at radius 3 is 1.26 bits per heavy atom. The van der Waals surface area contributed by atoms with Gasteiger partial charge in [0.1, 0.15) is 24.0 Å². The van der Waals surface area contributed by atoms with Crippen molar-refractivity contribution in [2.45, 2.75) is 213 Å². The Bertz CT molecular complexity index is 4840. The number of aryl methyl sites for hydroxylation is 4. The molecule has 8 aromatic rings. The number of aromatic nitrogens is 2. The minimum absolute atomic E-state index is 0.0247. The molecule has 4 fully saturated rings. The number of amidine groups is 1. The van der Waals surface area contributed by atoms with Gasteiger partial charge >= 0.3 is 0 Å². The molecule has 7 aliphatic rings. The van der Waals surface area contributed by atoms with E-state index in [2.05, 4.69) is 93.1 Å². The molecule has 20 nitrogen and oxygen atoms in total. The molecule has 1 saturated carbocycles. The number of nitrogens with one attached hydrogen (secondary N) is 1. The quantitative estimate of drug-likeness (QED) is 0.0264. The van der Waals surface area contributed by atoms with Crippen LogP contribution < -0.4 is 5.32 Å². The largest absolute Gasteiger partial charge is 0.391 e. The molecule has 15 rings (SSSR count). The molecule has 598 valence electrons. The zero-order valence-corrected chi connectivity index (χ0v) is 69.1. The Labute approximate surface area is 682 Å². The second-order valence-electron chi connectivity index (χ2n) is 32.6. The highest BCUT2D eigenvalue weighted by molar-refractivity contribution is 7.80. The van der Waals surface area contributed by atoms with E-state index in [9.17, 15) is 48.9 Å². The summed E-state index contributed by atoms with van der Waals surface area (Å²) in [5.41, 5.74) is 17.6. The van der Waals surface area contributed by atoms with Gasteiger partial charge in [-0.2, -0.15) is 0 Å². The van der Waals surface area contributed by atoms with Crippen LogP contribution in [0.2, 0.25) is 0 Å². The summed E-state index contributed by atoms with van der Waals surface area (Å²) in [4.78, 5) is 121. The molecular formula is C91H106N10O10S3. The van der Waals surface area contributed by atoms with Crippen LogP contribution in [0, 0.1) is 31.6 Å². The van der Waals surface area contributed by atoms with Crippen LogP contribution in [0.5, 0.6) is 0 Å². The van der Waals surface area contributed by atoms with Gasteiger partial charge in [0.2, 0.25) is 17.7 Å². The average Bonchev–Trinajstić information content (AvgIpc) is 1.63. The second-order valence-corrected chi connectivity index (χ2v) is 34.8. The normalized spacial score (nSPS) is 20.8. The van der Waals surface area contributed by atoms with Gasteiger partial charge in [0.05, 0.1) is 68.6 Å². The molecule has 4 N–H and O–H groups in total. The number of carbonyl (C=O) groups excluding carboxylic acids is 7. The van der Waals surface area contributed by atoms with Gasteiger partial charge in [0, 0.05) is 100 Å². The number of amides is 6. The summed E-state index contributed by atoms with van der Waals surface area (Å²) >= 11 is 9.11. The fraction of sp³-hybridized carbons (Fsp3) is 0.440. The number of rotatable bonds is 23. The summed E-state index contributed by atoms with van der Waals surface area (Å²) in [6.07, 6.45) is 6.57. The van der Waals surface area contributed by atoms with Gasteiger partial charge in [-0.25, -0.2) is 9.97 Å². The predicted octanol–water partition coefficient (Wildman–Crippen LogP) is 13.4. The van der Waals surface area contributed by atoms with Crippen LogP contribution in [-0.4, -0.2) is 188 Å². The molecule has 0 bridgehead atoms. The number of thiazole rings is 2. The molecule has 2 aromatic heterocycles. The zero-order chi connectivity index (χ0) is 80.8. The van der Waals surface area contributed by atoms with Crippen molar-refractivity contribution < 1.29 is 48.9 Å². The van der Waals surface area contributed by atoms with Crippen LogP contribution in [0.4, 0.5) is 0 Å². The fourth-order valence-electron chi connectivity index (χ4n) is 17.8. The molecule has 0 radical (unpaired) electrons. The maximum atomic E-state index is 14.0. The van der Waals surface area contributed by atoms with Crippen molar-refractivity contribution in [3.05, 3.63) is 224 Å². The Balaban J connectivity index is 0.000000149. The lowest BCUT2D eigenvalue weighted by Gasteiger charge is -2.35. The predicted molar refractivity (Wildman–Crippen MR) is 450 cm³/mol. The Morgan fingerprint density at radius 1 is 0.500 bits per heavy atom. The summed E-state index contributed by atoms with van der Waals surface area (Å²) in [6, 6.07) is 44.7. The number of hydrogen-bond acceptors (Lipinski definition) is 16. The standard InChI is InChI=1S/C31H38N2O4.C30H35N5O3S.C30H33N3O3S2/c1-20(2)29(33-18-24-9-5-6-10-26(24)30(33)36)31(37)32-19-25(34)17-27(32)28(35)16-13-21-11-14-23(15-12-21)22-7-3-4-8-22;1-18(2)26(35-15-22-7-5-6-8-24(22)29(35)37)30(38)34-16-23(36)13-25(34)28(31-4)32-14-20-9-11-21(12-10-20)27-19(3)33-17-39-27;1-18(2)27(33-15-22-6-4-5-7-24(22)29(33)35)30(36)32-16-23(34)14-25(32)26(37)13-10-20-8-11-21(12-9-20)28-19(3)31-17-38-28/h5-6,9-12,14-15,20,22,25,27,29,34H,3-4,7-8,13,16-19H2,1-2H3;5-12,17-18,23,25-26,36H,13-16H2,1-4H3,(H,31,32);4-9,11-12,17-18,23,25,27,34H,10,13-16H2,1-3H3/t25-,27+,29+;23-,25+,26+;23-,25+,27+/m111/s1. The van der Waals surface area contributed by atoms with Gasteiger partial charge in [-0.3, -0.25) is 38.6 Å². The van der Waals surface area contributed by atoms with E-state index in [1.54, 1.807) is 60.3 Å². The number of aliphatic imine (C=N–C) groups is 1. The number of hydrogen-bond donors (Lipinski definition) is 4. The topological polar surface area (TPSA) is 250 Å². The molecule has 0 unspecified atom stereocenters. The molecule has 3 saturated heterocycles. The molecular weight excluding hydrogens is 1490 g/mol. The third-order valence-corrected chi connectivity index (χ3v) is 26.1. The summed E-state index contributed by atoms with van der Waals surface area (Å²) in [5.74, 6) is 0.101. The van der Waals surface area contributed by atoms with Crippen LogP contribution in [0.25, 0.3) is 20.9 Å². The number of fused-ring (bicyclic) bond motifs is 3. The molecule has 8 heterocycles. The number of likely N-dealkylation sites (tertiary alicyclic amines) is 3. The lowest BCUT2D eigenvalue weighted by molar-refractivity contribution is -0.142. The highest BCUT2D eigenvalue weighted by Crippen LogP contribution is 2.38. The number of benzene rings is 6. The minimum atomic E-state index is -0.733. The van der Waals surface area contributed by atoms with Crippen LogP contribution in [-0.2, 0) is 58.2 Å². The fourth-order valence-corrected chi connectivity index (χ4v) is 19.7. The van der Waals surface area contributed by atoms with Crippen molar-refractivity contribution in [1.82, 2.24) is 44.7 Å². The molecule has 6 amide bonds. The third-order valence-electron chi connectivity index (χ3n) is 23.7. The Hall–Kier alpha value is -9.49. The van der Waals surface area contributed by atoms with E-state index in [1.165, 1.54) is 51.5 Å². The number of nitrogens with zero attached hydrogens (tertiary/aromatic N) is 9. The van der Waals surface area contributed by atoms with Crippen molar-refractivity contribution in [3.8, 4) is 20.9 Å². The van der Waals surface area contributed by atoms with Gasteiger partial charge in [0.15, 0.2) is 5.78 Å². The summed E-state index contributed by atoms with van der Waals surface area (Å²) in [7, 11) is 1.70. The first-order valence-electron chi connectivity index (χ1n) is 40.3. The van der Waals surface area contributed by atoms with E-state index >= 15 is 0 Å². The van der Waals surface area contributed by atoms with Crippen LogP contribution in [0.15, 0.2) is 162 Å². The second kappa shape index (κ2) is 36.5. The maximum Gasteiger partial charge on any atom is 0.255 e. The van der Waals surface area contributed by atoms with E-state index in [1.807, 2.05) is 133 Å². The highest BCUT2D eigenvalue weighted by Gasteiger charge is 2.49. The monoisotopic (exact) mass is 1590 g/mol. The molecule has 0 spiro atoms. The Kier molecular flexibility index (Phi) is 26.4. The van der Waals surface area contributed by atoms with Crippen LogP contribution in [0.1, 0.15) is 187 Å². The number of aliphatic hydroxyl groups is 3. The summed E-state index contributed by atoms with van der Waals surface area (Å²) < 4.78 is 0. The van der Waals surface area contributed by atoms with Crippen molar-refractivity contribution >= 4 is 86.8 Å². The summed E-state index contributed by atoms with van der Waals surface area (Å²) in [5, 5.41) is 35.0. The third kappa shape index (κ3) is 18.1. The number of ketones is 1. The lowest BCUT2D eigenvalue weighted by Crippen LogP contribution is -2.55. The van der Waals surface area contributed by atoms with Crippen molar-refractivity contribution in [1.29, 1.82) is 0 Å². The van der Waals surface area contributed by atoms with Gasteiger partial charge in [-0.15, -0.1) is 22.7 Å². The molecule has 6 aliphatic heterocycles. The number of carbonyl (C=O) groups is 7. The first-order valence-corrected chi connectivity index (χ1v) is 42.5. The Morgan fingerprint density at radius 2 is 0.868 bits per heavy atom. The summed E-state index contributed by atoms with van der Waals surface area (Å²) in [6.45, 7) is 18.1. The first kappa shape index (κ1) is 82.5. The number of thiocarbonyl (C=S) groups is 1. The average molecular weight is 1600 g/mol. The smallest absolute Gasteiger partial charge is 0.255 e. The first-order chi connectivity index (χ1) is 54.8. The highest BCUT2D eigenvalue weighted by atomic mass is 32.1. The van der Waals surface area contributed by atoms with Crippen molar-refractivity contribution in [2.24, 2.45) is 22.7 Å². The SMILES string of the molecule is CC(C)[C@@H](C(=O)N1C[C@H](O)C[C@H]1C(=O)CCc1ccc(C2CCCC2)cc1)N1Cc2ccccc2C1=O.CN=C(NCc1ccc(-c2scnc2C)cc1)[C@@H]1C[C@@H](O)CN1C(=O)[C@H](C(C)C)N1Cc2ccccc2C1=O.Cc1ncsc1-c1ccc(CCC(=S)[C@@H]2C[C@@H](O)CN2C(=O)[C@H](C(C)C)N2Cc3ccccc3C2=O)cc1. The number of Topliss-reactive ketones (excluding diaryl/α,β-unsaturated/α-hetero) is 1. The van der Waals surface area contributed by atoms with Crippen molar-refractivity contribution in [3.63, 3.8) is 0 Å². The van der Waals surface area contributed by atoms with Crippen LogP contribution in [0.3, 0.4) is 0 Å². The zero-order valence-electron chi connectivity index (χ0n) is 66.7. The number of aliphatic hydroxyl groups excluding tert-OH is 3.